The molecule has 1 heteroatoms. The predicted molar refractivity (Wildman–Crippen MR) is 63.4 cm³/mol. The van der Waals surface area contributed by atoms with Crippen molar-refractivity contribution in [2.75, 3.05) is 13.1 Å². The molecule has 0 bridgehead atoms. The molecule has 0 aromatic heterocycles. The minimum Gasteiger partial charge on any atom is -0.313 e. The molecule has 1 rings (SSSR count). The molecule has 1 fully saturated rings. The summed E-state index contributed by atoms with van der Waals surface area (Å²) in [6, 6.07) is 0. The lowest BCUT2D eigenvalue weighted by molar-refractivity contribution is 0.324. The zero-order valence-corrected chi connectivity index (χ0v) is 9.97. The number of rotatable bonds is 4. The molecule has 82 valence electrons. The Morgan fingerprint density at radius 3 is 2.86 bits per heavy atom. The van der Waals surface area contributed by atoms with Crippen molar-refractivity contribution in [1.29, 1.82) is 0 Å². The minimum atomic E-state index is 0.859. The van der Waals surface area contributed by atoms with Crippen molar-refractivity contribution >= 4 is 0 Å². The third-order valence-electron chi connectivity index (χ3n) is 3.15. The van der Waals surface area contributed by atoms with Crippen molar-refractivity contribution in [2.45, 2.75) is 46.5 Å². The van der Waals surface area contributed by atoms with Gasteiger partial charge in [-0.2, -0.15) is 0 Å². The molecule has 0 spiro atoms. The van der Waals surface area contributed by atoms with Gasteiger partial charge in [-0.15, -0.1) is 0 Å². The molecule has 1 nitrogen and oxygen atoms in total. The van der Waals surface area contributed by atoms with Crippen LogP contribution < -0.4 is 5.32 Å². The van der Waals surface area contributed by atoms with E-state index in [1.165, 1.54) is 31.3 Å². The molecule has 0 saturated heterocycles. The van der Waals surface area contributed by atoms with Crippen LogP contribution in [0.4, 0.5) is 0 Å². The zero-order chi connectivity index (χ0) is 10.4. The summed E-state index contributed by atoms with van der Waals surface area (Å²) in [5.74, 6) is 1.80. The van der Waals surface area contributed by atoms with E-state index in [0.717, 1.165) is 24.9 Å². The van der Waals surface area contributed by atoms with Crippen LogP contribution in [0.5, 0.6) is 0 Å². The van der Waals surface area contributed by atoms with Gasteiger partial charge in [0, 0.05) is 6.54 Å². The topological polar surface area (TPSA) is 12.0 Å². The molecule has 0 aromatic carbocycles. The molecule has 0 amide bonds. The number of hydrogen-bond acceptors (Lipinski definition) is 1. The molecule has 0 heterocycles. The Bertz CT molecular complexity index is 184. The van der Waals surface area contributed by atoms with Gasteiger partial charge in [0.15, 0.2) is 0 Å². The van der Waals surface area contributed by atoms with Gasteiger partial charge in [-0.05, 0) is 38.1 Å². The maximum Gasteiger partial charge on any atom is 0.0161 e. The minimum absolute atomic E-state index is 0.859. The van der Waals surface area contributed by atoms with Crippen LogP contribution in [0.2, 0.25) is 0 Å². The lowest BCUT2D eigenvalue weighted by atomic mass is 9.82. The average Bonchev–Trinajstić information content (AvgIpc) is 2.15. The third-order valence-corrected chi connectivity index (χ3v) is 3.15. The molecule has 1 saturated carbocycles. The van der Waals surface area contributed by atoms with Crippen LogP contribution in [0.1, 0.15) is 46.5 Å². The Hall–Kier alpha value is -0.300. The summed E-state index contributed by atoms with van der Waals surface area (Å²) in [4.78, 5) is 0. The van der Waals surface area contributed by atoms with E-state index >= 15 is 0 Å². The van der Waals surface area contributed by atoms with Gasteiger partial charge >= 0.3 is 0 Å². The lowest BCUT2D eigenvalue weighted by Crippen LogP contribution is -2.17. The van der Waals surface area contributed by atoms with Gasteiger partial charge in [-0.1, -0.05) is 38.3 Å². The molecule has 0 radical (unpaired) electrons. The first kappa shape index (κ1) is 11.8. The summed E-state index contributed by atoms with van der Waals surface area (Å²) in [6.45, 7) is 8.95. The smallest absolute Gasteiger partial charge is 0.0161 e. The van der Waals surface area contributed by atoms with Crippen LogP contribution >= 0.6 is 0 Å². The largest absolute Gasteiger partial charge is 0.313 e. The first-order valence-corrected chi connectivity index (χ1v) is 6.10. The molecule has 0 aromatic rings. The van der Waals surface area contributed by atoms with Crippen LogP contribution in [0.25, 0.3) is 0 Å². The first-order chi connectivity index (χ1) is 6.72. The van der Waals surface area contributed by atoms with E-state index in [0.29, 0.717) is 0 Å². The predicted octanol–water partition coefficient (Wildman–Crippen LogP) is 3.37. The molecule has 1 aliphatic carbocycles. The standard InChI is InChI=1S/C13H25N/c1-4-14-10-12(3)9-13-7-5-6-11(2)8-13/h9,11,13-14H,4-8,10H2,1-3H3. The molecule has 14 heavy (non-hydrogen) atoms. The average molecular weight is 195 g/mol. The van der Waals surface area contributed by atoms with Crippen LogP contribution in [0.3, 0.4) is 0 Å². The quantitative estimate of drug-likeness (QED) is 0.678. The highest BCUT2D eigenvalue weighted by Crippen LogP contribution is 2.29. The van der Waals surface area contributed by atoms with Crippen LogP contribution in [0, 0.1) is 11.8 Å². The van der Waals surface area contributed by atoms with Gasteiger partial charge in [0.1, 0.15) is 0 Å². The SMILES string of the molecule is CCNCC(C)=CC1CCCC(C)C1. The van der Waals surface area contributed by atoms with Crippen molar-refractivity contribution < 1.29 is 0 Å². The van der Waals surface area contributed by atoms with Crippen molar-refractivity contribution in [3.63, 3.8) is 0 Å². The third kappa shape index (κ3) is 4.28. The monoisotopic (exact) mass is 195 g/mol. The molecule has 1 aliphatic rings. The van der Waals surface area contributed by atoms with Crippen LogP contribution in [-0.4, -0.2) is 13.1 Å². The van der Waals surface area contributed by atoms with Crippen molar-refractivity contribution in [2.24, 2.45) is 11.8 Å². The number of nitrogens with one attached hydrogen (secondary N) is 1. The Morgan fingerprint density at radius 1 is 1.43 bits per heavy atom. The fourth-order valence-electron chi connectivity index (χ4n) is 2.42. The van der Waals surface area contributed by atoms with E-state index in [1.807, 2.05) is 0 Å². The maximum atomic E-state index is 3.38. The van der Waals surface area contributed by atoms with Gasteiger partial charge in [0.2, 0.25) is 0 Å². The number of allylic oxidation sites excluding steroid dienone is 1. The highest BCUT2D eigenvalue weighted by atomic mass is 14.8. The molecular formula is C13H25N. The summed E-state index contributed by atoms with van der Waals surface area (Å²) in [6.07, 6.45) is 8.18. The van der Waals surface area contributed by atoms with Crippen LogP contribution in [0.15, 0.2) is 11.6 Å². The van der Waals surface area contributed by atoms with E-state index in [2.05, 4.69) is 32.2 Å². The summed E-state index contributed by atoms with van der Waals surface area (Å²) < 4.78 is 0. The summed E-state index contributed by atoms with van der Waals surface area (Å²) in [5, 5.41) is 3.38. The Morgan fingerprint density at radius 2 is 2.21 bits per heavy atom. The van der Waals surface area contributed by atoms with Crippen LogP contribution in [-0.2, 0) is 0 Å². The van der Waals surface area contributed by atoms with Crippen molar-refractivity contribution in [3.05, 3.63) is 11.6 Å². The van der Waals surface area contributed by atoms with E-state index in [9.17, 15) is 0 Å². The zero-order valence-electron chi connectivity index (χ0n) is 9.97. The first-order valence-electron chi connectivity index (χ1n) is 6.10. The number of likely N-dealkylation sites (N-methyl/N-ethyl adjacent to an activating group) is 1. The lowest BCUT2D eigenvalue weighted by Gasteiger charge is -2.24. The molecule has 1 N–H and O–H groups in total. The van der Waals surface area contributed by atoms with Gasteiger partial charge < -0.3 is 5.32 Å². The van der Waals surface area contributed by atoms with Crippen molar-refractivity contribution in [1.82, 2.24) is 5.32 Å². The Balaban J connectivity index is 2.32. The van der Waals surface area contributed by atoms with E-state index in [1.54, 1.807) is 0 Å². The van der Waals surface area contributed by atoms with E-state index in [4.69, 9.17) is 0 Å². The normalized spacial score (nSPS) is 29.2. The summed E-state index contributed by atoms with van der Waals surface area (Å²) >= 11 is 0. The van der Waals surface area contributed by atoms with E-state index in [-0.39, 0.29) is 0 Å². The van der Waals surface area contributed by atoms with Gasteiger partial charge in [-0.3, -0.25) is 0 Å². The summed E-state index contributed by atoms with van der Waals surface area (Å²) in [5.41, 5.74) is 1.52. The second-order valence-corrected chi connectivity index (χ2v) is 4.83. The number of hydrogen-bond donors (Lipinski definition) is 1. The second-order valence-electron chi connectivity index (χ2n) is 4.83. The fourth-order valence-corrected chi connectivity index (χ4v) is 2.42. The van der Waals surface area contributed by atoms with E-state index < -0.39 is 0 Å². The molecule has 2 atom stereocenters. The second kappa shape index (κ2) is 6.23. The molecule has 2 unspecified atom stereocenters. The highest BCUT2D eigenvalue weighted by Gasteiger charge is 2.16. The Labute approximate surface area is 89.0 Å². The molecular weight excluding hydrogens is 170 g/mol. The maximum absolute atomic E-state index is 3.38. The fraction of sp³-hybridized carbons (Fsp3) is 0.846. The van der Waals surface area contributed by atoms with Crippen molar-refractivity contribution in [3.8, 4) is 0 Å². The van der Waals surface area contributed by atoms with Gasteiger partial charge in [0.25, 0.3) is 0 Å². The van der Waals surface area contributed by atoms with Gasteiger partial charge in [-0.25, -0.2) is 0 Å². The Kier molecular flexibility index (Phi) is 5.24. The summed E-state index contributed by atoms with van der Waals surface area (Å²) in [7, 11) is 0. The molecule has 0 aliphatic heterocycles. The highest BCUT2D eigenvalue weighted by molar-refractivity contribution is 5.03. The van der Waals surface area contributed by atoms with Gasteiger partial charge in [0.05, 0.1) is 0 Å².